The minimum Gasteiger partial charge on any atom is -0.481 e. The number of carboxylic acids is 1. The van der Waals surface area contributed by atoms with Crippen LogP contribution < -0.4 is 10.6 Å². The zero-order valence-electron chi connectivity index (χ0n) is 9.69. The van der Waals surface area contributed by atoms with E-state index in [9.17, 15) is 9.59 Å². The number of nitrogens with zero attached hydrogens (tertiary/aromatic N) is 1. The van der Waals surface area contributed by atoms with Crippen LogP contribution in [-0.4, -0.2) is 27.6 Å². The summed E-state index contributed by atoms with van der Waals surface area (Å²) in [6.07, 6.45) is -0.128. The van der Waals surface area contributed by atoms with Gasteiger partial charge in [-0.2, -0.15) is 0 Å². The van der Waals surface area contributed by atoms with Crippen molar-refractivity contribution in [3.8, 4) is 0 Å². The maximum atomic E-state index is 11.5. The standard InChI is InChI=1S/C10H15N3O3S/c1-10(2,3-8(14)15)13-9(16)11-4-7-5-17-6-12-7/h5-6H,3-4H2,1-2H3,(H,14,15)(H2,11,13,16). The molecule has 1 heterocycles. The highest BCUT2D eigenvalue weighted by molar-refractivity contribution is 7.07. The molecule has 1 rings (SSSR count). The van der Waals surface area contributed by atoms with Crippen LogP contribution in [0.4, 0.5) is 4.79 Å². The lowest BCUT2D eigenvalue weighted by molar-refractivity contribution is -0.138. The molecule has 7 heteroatoms. The first-order valence-electron chi connectivity index (χ1n) is 5.04. The van der Waals surface area contributed by atoms with E-state index >= 15 is 0 Å². The van der Waals surface area contributed by atoms with E-state index in [2.05, 4.69) is 15.6 Å². The summed E-state index contributed by atoms with van der Waals surface area (Å²) in [6, 6.07) is -0.399. The van der Waals surface area contributed by atoms with Gasteiger partial charge in [0, 0.05) is 10.9 Å². The molecule has 0 aromatic carbocycles. The van der Waals surface area contributed by atoms with Crippen molar-refractivity contribution in [3.05, 3.63) is 16.6 Å². The maximum Gasteiger partial charge on any atom is 0.315 e. The fourth-order valence-electron chi connectivity index (χ4n) is 1.27. The number of carbonyl (C=O) groups excluding carboxylic acids is 1. The highest BCUT2D eigenvalue weighted by Gasteiger charge is 2.23. The Balaban J connectivity index is 2.36. The minimum absolute atomic E-state index is 0.128. The number of nitrogens with one attached hydrogen (secondary N) is 2. The van der Waals surface area contributed by atoms with Gasteiger partial charge < -0.3 is 15.7 Å². The Hall–Kier alpha value is -1.63. The number of hydrogen-bond donors (Lipinski definition) is 3. The third-order valence-electron chi connectivity index (χ3n) is 1.96. The van der Waals surface area contributed by atoms with Crippen LogP contribution >= 0.6 is 11.3 Å². The van der Waals surface area contributed by atoms with Crippen LogP contribution in [0.5, 0.6) is 0 Å². The van der Waals surface area contributed by atoms with Crippen LogP contribution in [0.1, 0.15) is 26.0 Å². The molecule has 1 aromatic rings. The molecule has 0 radical (unpaired) electrons. The van der Waals surface area contributed by atoms with Crippen molar-refractivity contribution in [2.75, 3.05) is 0 Å². The van der Waals surface area contributed by atoms with Crippen LogP contribution in [0.2, 0.25) is 0 Å². The third kappa shape index (κ3) is 5.30. The first-order chi connectivity index (χ1) is 7.89. The van der Waals surface area contributed by atoms with Gasteiger partial charge in [-0.25, -0.2) is 9.78 Å². The molecule has 3 N–H and O–H groups in total. The van der Waals surface area contributed by atoms with E-state index in [-0.39, 0.29) is 6.42 Å². The molecule has 0 bridgehead atoms. The van der Waals surface area contributed by atoms with Crippen LogP contribution in [0.15, 0.2) is 10.9 Å². The molecular formula is C10H15N3O3S. The second-order valence-corrected chi connectivity index (χ2v) is 4.96. The van der Waals surface area contributed by atoms with Crippen molar-refractivity contribution in [1.82, 2.24) is 15.6 Å². The Kier molecular flexibility index (Phi) is 4.45. The van der Waals surface area contributed by atoms with Crippen molar-refractivity contribution in [2.45, 2.75) is 32.4 Å². The molecule has 0 atom stereocenters. The van der Waals surface area contributed by atoms with Gasteiger partial charge in [0.25, 0.3) is 0 Å². The molecule has 0 aliphatic carbocycles. The molecule has 94 valence electrons. The quantitative estimate of drug-likeness (QED) is 0.739. The smallest absolute Gasteiger partial charge is 0.315 e. The zero-order valence-corrected chi connectivity index (χ0v) is 10.5. The van der Waals surface area contributed by atoms with Gasteiger partial charge in [-0.3, -0.25) is 4.79 Å². The van der Waals surface area contributed by atoms with Crippen LogP contribution in [0.25, 0.3) is 0 Å². The minimum atomic E-state index is -0.949. The summed E-state index contributed by atoms with van der Waals surface area (Å²) < 4.78 is 0. The molecule has 0 aliphatic heterocycles. The Bertz CT molecular complexity index is 390. The number of thiazole rings is 1. The Morgan fingerprint density at radius 1 is 1.53 bits per heavy atom. The van der Waals surface area contributed by atoms with Crippen LogP contribution in [0, 0.1) is 0 Å². The second-order valence-electron chi connectivity index (χ2n) is 4.24. The molecule has 0 saturated carbocycles. The second kappa shape index (κ2) is 5.62. The largest absolute Gasteiger partial charge is 0.481 e. The fourth-order valence-corrected chi connectivity index (χ4v) is 1.83. The summed E-state index contributed by atoms with van der Waals surface area (Å²) >= 11 is 1.45. The molecule has 0 fully saturated rings. The van der Waals surface area contributed by atoms with Crippen molar-refractivity contribution >= 4 is 23.3 Å². The summed E-state index contributed by atoms with van der Waals surface area (Å²) in [7, 11) is 0. The number of rotatable bonds is 5. The fraction of sp³-hybridized carbons (Fsp3) is 0.500. The van der Waals surface area contributed by atoms with Gasteiger partial charge in [0.15, 0.2) is 0 Å². The van der Waals surface area contributed by atoms with Crippen molar-refractivity contribution in [1.29, 1.82) is 0 Å². The Morgan fingerprint density at radius 2 is 2.24 bits per heavy atom. The number of carbonyl (C=O) groups is 2. The monoisotopic (exact) mass is 257 g/mol. The molecular weight excluding hydrogens is 242 g/mol. The van der Waals surface area contributed by atoms with E-state index in [1.165, 1.54) is 11.3 Å². The lowest BCUT2D eigenvalue weighted by Crippen LogP contribution is -2.49. The van der Waals surface area contributed by atoms with Gasteiger partial charge in [-0.1, -0.05) is 0 Å². The topological polar surface area (TPSA) is 91.3 Å². The lowest BCUT2D eigenvalue weighted by Gasteiger charge is -2.24. The predicted octanol–water partition coefficient (Wildman–Crippen LogP) is 1.20. The average Bonchev–Trinajstić information content (AvgIpc) is 2.63. The van der Waals surface area contributed by atoms with E-state index in [4.69, 9.17) is 5.11 Å². The van der Waals surface area contributed by atoms with E-state index in [0.717, 1.165) is 5.69 Å². The summed E-state index contributed by atoms with van der Waals surface area (Å²) in [6.45, 7) is 3.64. The zero-order chi connectivity index (χ0) is 12.9. The normalized spacial score (nSPS) is 10.9. The molecule has 2 amide bonds. The first kappa shape index (κ1) is 13.4. The highest BCUT2D eigenvalue weighted by Crippen LogP contribution is 2.07. The van der Waals surface area contributed by atoms with Crippen LogP contribution in [-0.2, 0) is 11.3 Å². The number of urea groups is 1. The molecule has 0 spiro atoms. The van der Waals surface area contributed by atoms with Gasteiger partial charge in [-0.05, 0) is 13.8 Å². The first-order valence-corrected chi connectivity index (χ1v) is 5.98. The Labute approximate surface area is 103 Å². The summed E-state index contributed by atoms with van der Waals surface area (Å²) in [4.78, 5) is 26.1. The number of aromatic nitrogens is 1. The Morgan fingerprint density at radius 3 is 2.76 bits per heavy atom. The summed E-state index contributed by atoms with van der Waals surface area (Å²) in [5.41, 5.74) is 1.68. The molecule has 17 heavy (non-hydrogen) atoms. The van der Waals surface area contributed by atoms with Crippen LogP contribution in [0.3, 0.4) is 0 Å². The number of hydrogen-bond acceptors (Lipinski definition) is 4. The SMILES string of the molecule is CC(C)(CC(=O)O)NC(=O)NCc1cscn1. The molecule has 0 unspecified atom stereocenters. The summed E-state index contributed by atoms with van der Waals surface area (Å²) in [5, 5.41) is 15.7. The molecule has 0 aliphatic rings. The number of carboxylic acid groups (broad SMARTS) is 1. The third-order valence-corrected chi connectivity index (χ3v) is 2.59. The van der Waals surface area contributed by atoms with Crippen molar-refractivity contribution in [3.63, 3.8) is 0 Å². The molecule has 0 saturated heterocycles. The predicted molar refractivity (Wildman–Crippen MR) is 63.8 cm³/mol. The molecule has 6 nitrogen and oxygen atoms in total. The van der Waals surface area contributed by atoms with E-state index in [1.54, 1.807) is 19.4 Å². The van der Waals surface area contributed by atoms with Gasteiger partial charge in [0.1, 0.15) is 0 Å². The number of aliphatic carboxylic acids is 1. The summed E-state index contributed by atoms with van der Waals surface area (Å²) in [5.74, 6) is -0.949. The molecule has 1 aromatic heterocycles. The van der Waals surface area contributed by atoms with Crippen molar-refractivity contribution in [2.24, 2.45) is 0 Å². The van der Waals surface area contributed by atoms with Gasteiger partial charge >= 0.3 is 12.0 Å². The lowest BCUT2D eigenvalue weighted by atomic mass is 10.0. The van der Waals surface area contributed by atoms with E-state index in [1.807, 2.05) is 5.38 Å². The van der Waals surface area contributed by atoms with E-state index < -0.39 is 17.5 Å². The van der Waals surface area contributed by atoms with E-state index in [0.29, 0.717) is 6.54 Å². The van der Waals surface area contributed by atoms with Gasteiger partial charge in [0.2, 0.25) is 0 Å². The highest BCUT2D eigenvalue weighted by atomic mass is 32.1. The number of amides is 2. The average molecular weight is 257 g/mol. The van der Waals surface area contributed by atoms with Crippen molar-refractivity contribution < 1.29 is 14.7 Å². The maximum absolute atomic E-state index is 11.5. The van der Waals surface area contributed by atoms with Gasteiger partial charge in [0.05, 0.1) is 24.2 Å². The van der Waals surface area contributed by atoms with Gasteiger partial charge in [-0.15, -0.1) is 11.3 Å².